The van der Waals surface area contributed by atoms with Crippen LogP contribution in [0.5, 0.6) is 0 Å². The Morgan fingerprint density at radius 2 is 2.38 bits per heavy atom. The van der Waals surface area contributed by atoms with E-state index in [9.17, 15) is 4.79 Å². The van der Waals surface area contributed by atoms with Crippen molar-refractivity contribution in [2.75, 3.05) is 19.7 Å². The molecule has 0 aliphatic carbocycles. The van der Waals surface area contributed by atoms with Crippen molar-refractivity contribution in [3.63, 3.8) is 0 Å². The van der Waals surface area contributed by atoms with E-state index < -0.39 is 0 Å². The van der Waals surface area contributed by atoms with E-state index >= 15 is 0 Å². The van der Waals surface area contributed by atoms with Gasteiger partial charge in [-0.1, -0.05) is 6.42 Å². The summed E-state index contributed by atoms with van der Waals surface area (Å²) in [6, 6.07) is 0.0263. The van der Waals surface area contributed by atoms with Gasteiger partial charge < -0.3 is 10.4 Å². The van der Waals surface area contributed by atoms with Crippen LogP contribution in [0.4, 0.5) is 0 Å². The standard InChI is InChI=1S/C9H16N2O2/c12-6-7-5-11-4-2-1-3-8(11)9(13)10-7/h7-8,12H,1-6H2,(H,10,13). The molecular weight excluding hydrogens is 168 g/mol. The highest BCUT2D eigenvalue weighted by atomic mass is 16.3. The quantitative estimate of drug-likeness (QED) is 0.568. The summed E-state index contributed by atoms with van der Waals surface area (Å²) >= 11 is 0. The zero-order chi connectivity index (χ0) is 9.26. The van der Waals surface area contributed by atoms with Crippen molar-refractivity contribution in [3.8, 4) is 0 Å². The second kappa shape index (κ2) is 3.64. The number of amides is 1. The third-order valence-electron chi connectivity index (χ3n) is 2.94. The van der Waals surface area contributed by atoms with E-state index in [0.717, 1.165) is 25.9 Å². The molecule has 0 spiro atoms. The van der Waals surface area contributed by atoms with E-state index in [1.165, 1.54) is 6.42 Å². The molecule has 0 radical (unpaired) electrons. The largest absolute Gasteiger partial charge is 0.394 e. The lowest BCUT2D eigenvalue weighted by molar-refractivity contribution is -0.132. The van der Waals surface area contributed by atoms with Crippen LogP contribution in [0, 0.1) is 0 Å². The molecule has 1 amide bonds. The molecule has 0 aromatic carbocycles. The van der Waals surface area contributed by atoms with Crippen molar-refractivity contribution < 1.29 is 9.90 Å². The Kier molecular flexibility index (Phi) is 2.51. The van der Waals surface area contributed by atoms with Gasteiger partial charge in [0.25, 0.3) is 0 Å². The Morgan fingerprint density at radius 1 is 1.54 bits per heavy atom. The molecule has 2 fully saturated rings. The molecule has 0 aromatic heterocycles. The number of carbonyl (C=O) groups excluding carboxylic acids is 1. The lowest BCUT2D eigenvalue weighted by Crippen LogP contribution is -2.62. The van der Waals surface area contributed by atoms with Gasteiger partial charge in [0, 0.05) is 6.54 Å². The third kappa shape index (κ3) is 1.69. The first-order valence-electron chi connectivity index (χ1n) is 4.96. The molecule has 2 rings (SSSR count). The van der Waals surface area contributed by atoms with E-state index in [4.69, 9.17) is 5.11 Å². The van der Waals surface area contributed by atoms with Gasteiger partial charge in [0.05, 0.1) is 18.7 Å². The van der Waals surface area contributed by atoms with Gasteiger partial charge in [0.1, 0.15) is 0 Å². The Bertz CT molecular complexity index is 208. The zero-order valence-electron chi connectivity index (χ0n) is 7.70. The number of carbonyl (C=O) groups is 1. The van der Waals surface area contributed by atoms with Gasteiger partial charge in [-0.15, -0.1) is 0 Å². The van der Waals surface area contributed by atoms with E-state index in [-0.39, 0.29) is 24.6 Å². The summed E-state index contributed by atoms with van der Waals surface area (Å²) in [5, 5.41) is 11.8. The molecule has 2 saturated heterocycles. The predicted octanol–water partition coefficient (Wildman–Crippen LogP) is -0.668. The average molecular weight is 184 g/mol. The summed E-state index contributed by atoms with van der Waals surface area (Å²) in [6.07, 6.45) is 3.31. The molecule has 0 aromatic rings. The van der Waals surface area contributed by atoms with Crippen molar-refractivity contribution in [3.05, 3.63) is 0 Å². The molecule has 13 heavy (non-hydrogen) atoms. The molecule has 0 saturated carbocycles. The van der Waals surface area contributed by atoms with Crippen LogP contribution >= 0.6 is 0 Å². The van der Waals surface area contributed by atoms with E-state index in [1.54, 1.807) is 0 Å². The van der Waals surface area contributed by atoms with E-state index in [2.05, 4.69) is 10.2 Å². The minimum Gasteiger partial charge on any atom is -0.394 e. The first-order valence-corrected chi connectivity index (χ1v) is 4.96. The third-order valence-corrected chi connectivity index (χ3v) is 2.94. The van der Waals surface area contributed by atoms with Gasteiger partial charge in [-0.05, 0) is 19.4 Å². The fourth-order valence-corrected chi connectivity index (χ4v) is 2.24. The number of aliphatic hydroxyl groups is 1. The van der Waals surface area contributed by atoms with Crippen molar-refractivity contribution in [1.29, 1.82) is 0 Å². The first kappa shape index (κ1) is 8.97. The van der Waals surface area contributed by atoms with Gasteiger partial charge in [0.15, 0.2) is 0 Å². The normalized spacial score (nSPS) is 35.3. The number of rotatable bonds is 1. The highest BCUT2D eigenvalue weighted by Crippen LogP contribution is 2.20. The van der Waals surface area contributed by atoms with Crippen LogP contribution in [-0.4, -0.2) is 47.7 Å². The molecule has 2 heterocycles. The summed E-state index contributed by atoms with van der Waals surface area (Å²) in [5.74, 6) is 0.102. The van der Waals surface area contributed by atoms with Crippen molar-refractivity contribution >= 4 is 5.91 Å². The van der Waals surface area contributed by atoms with Gasteiger partial charge in [0.2, 0.25) is 5.91 Å². The lowest BCUT2D eigenvalue weighted by Gasteiger charge is -2.41. The Labute approximate surface area is 77.9 Å². The molecule has 2 atom stereocenters. The molecule has 0 bridgehead atoms. The van der Waals surface area contributed by atoms with Crippen LogP contribution in [0.2, 0.25) is 0 Å². The van der Waals surface area contributed by atoms with Crippen LogP contribution in [0.25, 0.3) is 0 Å². The fraction of sp³-hybridized carbons (Fsp3) is 0.889. The number of nitrogens with one attached hydrogen (secondary N) is 1. The van der Waals surface area contributed by atoms with Crippen molar-refractivity contribution in [2.45, 2.75) is 31.3 Å². The van der Waals surface area contributed by atoms with Crippen LogP contribution in [0.15, 0.2) is 0 Å². The second-order valence-electron chi connectivity index (χ2n) is 3.89. The van der Waals surface area contributed by atoms with Crippen LogP contribution in [0.3, 0.4) is 0 Å². The Hall–Kier alpha value is -0.610. The molecule has 2 unspecified atom stereocenters. The summed E-state index contributed by atoms with van der Waals surface area (Å²) in [7, 11) is 0. The summed E-state index contributed by atoms with van der Waals surface area (Å²) in [6.45, 7) is 1.87. The Balaban J connectivity index is 2.03. The minimum atomic E-state index is -0.0538. The van der Waals surface area contributed by atoms with Gasteiger partial charge in [-0.3, -0.25) is 9.69 Å². The zero-order valence-corrected chi connectivity index (χ0v) is 7.70. The van der Waals surface area contributed by atoms with Gasteiger partial charge >= 0.3 is 0 Å². The monoisotopic (exact) mass is 184 g/mol. The number of nitrogens with zero attached hydrogens (tertiary/aromatic N) is 1. The summed E-state index contributed by atoms with van der Waals surface area (Å²) in [5.41, 5.74) is 0. The number of hydrogen-bond acceptors (Lipinski definition) is 3. The molecular formula is C9H16N2O2. The number of piperidine rings is 1. The molecule has 2 aliphatic heterocycles. The average Bonchev–Trinajstić information content (AvgIpc) is 2.18. The highest BCUT2D eigenvalue weighted by Gasteiger charge is 2.35. The van der Waals surface area contributed by atoms with Crippen LogP contribution < -0.4 is 5.32 Å². The topological polar surface area (TPSA) is 52.6 Å². The molecule has 74 valence electrons. The lowest BCUT2D eigenvalue weighted by atomic mass is 9.98. The van der Waals surface area contributed by atoms with Crippen molar-refractivity contribution in [1.82, 2.24) is 10.2 Å². The van der Waals surface area contributed by atoms with Crippen molar-refractivity contribution in [2.24, 2.45) is 0 Å². The number of piperazine rings is 1. The summed E-state index contributed by atoms with van der Waals surface area (Å²) in [4.78, 5) is 13.7. The first-order chi connectivity index (χ1) is 6.31. The molecule has 2 N–H and O–H groups in total. The van der Waals surface area contributed by atoms with Crippen LogP contribution in [-0.2, 0) is 4.79 Å². The SMILES string of the molecule is O=C1NC(CO)CN2CCCCC12. The maximum absolute atomic E-state index is 11.5. The maximum Gasteiger partial charge on any atom is 0.237 e. The second-order valence-corrected chi connectivity index (χ2v) is 3.89. The van der Waals surface area contributed by atoms with Crippen LogP contribution in [0.1, 0.15) is 19.3 Å². The fourth-order valence-electron chi connectivity index (χ4n) is 2.24. The Morgan fingerprint density at radius 3 is 3.15 bits per heavy atom. The number of fused-ring (bicyclic) bond motifs is 1. The van der Waals surface area contributed by atoms with Gasteiger partial charge in [-0.25, -0.2) is 0 Å². The number of aliphatic hydroxyl groups excluding tert-OH is 1. The summed E-state index contributed by atoms with van der Waals surface area (Å²) < 4.78 is 0. The molecule has 4 nitrogen and oxygen atoms in total. The van der Waals surface area contributed by atoms with E-state index in [1.807, 2.05) is 0 Å². The number of hydrogen-bond donors (Lipinski definition) is 2. The van der Waals surface area contributed by atoms with E-state index in [0.29, 0.717) is 0 Å². The predicted molar refractivity (Wildman–Crippen MR) is 48.2 cm³/mol. The molecule has 4 heteroatoms. The van der Waals surface area contributed by atoms with Gasteiger partial charge in [-0.2, -0.15) is 0 Å². The molecule has 2 aliphatic rings. The smallest absolute Gasteiger partial charge is 0.237 e. The maximum atomic E-state index is 11.5. The minimum absolute atomic E-state index is 0.0506. The highest BCUT2D eigenvalue weighted by molar-refractivity contribution is 5.83.